The molecular weight excluding hydrogens is 404 g/mol. The Morgan fingerprint density at radius 3 is 2.50 bits per heavy atom. The van der Waals surface area contributed by atoms with Crippen LogP contribution < -0.4 is 5.32 Å². The van der Waals surface area contributed by atoms with E-state index in [0.717, 1.165) is 74.2 Å². The maximum atomic E-state index is 12.9. The molecule has 0 spiro atoms. The van der Waals surface area contributed by atoms with E-state index in [9.17, 15) is 4.79 Å². The minimum atomic E-state index is -0.0734. The molecule has 0 atom stereocenters. The average molecular weight is 435 g/mol. The predicted molar refractivity (Wildman–Crippen MR) is 125 cm³/mol. The second-order valence-corrected chi connectivity index (χ2v) is 8.86. The summed E-state index contributed by atoms with van der Waals surface area (Å²) in [6, 6.07) is 8.46. The van der Waals surface area contributed by atoms with Gasteiger partial charge in [0.25, 0.3) is 0 Å². The van der Waals surface area contributed by atoms with Crippen LogP contribution in [0.3, 0.4) is 0 Å². The van der Waals surface area contributed by atoms with Gasteiger partial charge in [0.2, 0.25) is 0 Å². The molecule has 0 aliphatic carbocycles. The Hall–Kier alpha value is -2.97. The number of hydrogen-bond donors (Lipinski definition) is 1. The number of rotatable bonds is 3. The number of aryl methyl sites for hydroxylation is 1. The monoisotopic (exact) mass is 434 g/mol. The predicted octanol–water partition coefficient (Wildman–Crippen LogP) is 3.44. The summed E-state index contributed by atoms with van der Waals surface area (Å²) in [4.78, 5) is 28.3. The number of piperazine rings is 1. The quantitative estimate of drug-likeness (QED) is 0.680. The number of urea groups is 1. The number of oxazole rings is 1. The molecule has 1 aromatic carbocycles. The van der Waals surface area contributed by atoms with Crippen LogP contribution in [-0.2, 0) is 0 Å². The molecule has 2 aliphatic heterocycles. The molecule has 2 aliphatic rings. The number of nitrogens with zero attached hydrogens (tertiary/aromatic N) is 5. The van der Waals surface area contributed by atoms with Gasteiger partial charge in [0.1, 0.15) is 5.82 Å². The Morgan fingerprint density at radius 1 is 1.00 bits per heavy atom. The number of carbonyl (C=O) groups is 1. The number of fused-ring (bicyclic) bond motifs is 1. The summed E-state index contributed by atoms with van der Waals surface area (Å²) in [6.45, 7) is 7.92. The van der Waals surface area contributed by atoms with E-state index in [0.29, 0.717) is 17.8 Å². The van der Waals surface area contributed by atoms with Crippen LogP contribution in [0.1, 0.15) is 18.7 Å². The van der Waals surface area contributed by atoms with Crippen molar-refractivity contribution in [1.29, 1.82) is 0 Å². The standard InChI is InChI=1S/C24H30N6O2/c1-17-25-16-22(32-17)18-3-4-19-15-26-23(14-20(19)13-18)27-24(31)30-7-5-21(6-8-30)29-11-9-28(2)10-12-29/h3-4,13-16,21H,5-12H2,1-2H3,(H,26,27,31). The molecule has 32 heavy (non-hydrogen) atoms. The third-order valence-electron chi connectivity index (χ3n) is 6.67. The first-order valence-corrected chi connectivity index (χ1v) is 11.4. The lowest BCUT2D eigenvalue weighted by Gasteiger charge is -2.42. The number of benzene rings is 1. The molecule has 8 nitrogen and oxygen atoms in total. The lowest BCUT2D eigenvalue weighted by Crippen LogP contribution is -2.53. The summed E-state index contributed by atoms with van der Waals surface area (Å²) >= 11 is 0. The molecule has 5 rings (SSSR count). The van der Waals surface area contributed by atoms with E-state index in [-0.39, 0.29) is 6.03 Å². The maximum Gasteiger partial charge on any atom is 0.323 e. The van der Waals surface area contributed by atoms with Crippen LogP contribution in [0.5, 0.6) is 0 Å². The van der Waals surface area contributed by atoms with Gasteiger partial charge in [0.05, 0.1) is 6.20 Å². The number of piperidine rings is 1. The van der Waals surface area contributed by atoms with Gasteiger partial charge in [0.15, 0.2) is 11.7 Å². The van der Waals surface area contributed by atoms with Crippen molar-refractivity contribution < 1.29 is 9.21 Å². The van der Waals surface area contributed by atoms with Crippen molar-refractivity contribution in [3.8, 4) is 11.3 Å². The summed E-state index contributed by atoms with van der Waals surface area (Å²) in [6.07, 6.45) is 5.58. The van der Waals surface area contributed by atoms with Crippen molar-refractivity contribution in [3.05, 3.63) is 42.5 Å². The number of pyridine rings is 1. The smallest absolute Gasteiger partial charge is 0.323 e. The van der Waals surface area contributed by atoms with Gasteiger partial charge in [-0.3, -0.25) is 10.2 Å². The first-order valence-electron chi connectivity index (χ1n) is 11.4. The topological polar surface area (TPSA) is 77.7 Å². The van der Waals surface area contributed by atoms with Crippen molar-refractivity contribution in [1.82, 2.24) is 24.7 Å². The third-order valence-corrected chi connectivity index (χ3v) is 6.67. The molecule has 1 N–H and O–H groups in total. The number of hydrogen-bond acceptors (Lipinski definition) is 6. The van der Waals surface area contributed by atoms with Crippen LogP contribution in [0.25, 0.3) is 22.1 Å². The van der Waals surface area contributed by atoms with E-state index in [1.54, 1.807) is 12.4 Å². The summed E-state index contributed by atoms with van der Waals surface area (Å²) in [5, 5.41) is 4.99. The number of likely N-dealkylation sites (tertiary alicyclic amines) is 1. The zero-order chi connectivity index (χ0) is 22.1. The maximum absolute atomic E-state index is 12.9. The zero-order valence-electron chi connectivity index (χ0n) is 18.8. The van der Waals surface area contributed by atoms with Gasteiger partial charge >= 0.3 is 6.03 Å². The van der Waals surface area contributed by atoms with Gasteiger partial charge in [-0.15, -0.1) is 0 Å². The molecular formula is C24H30N6O2. The fraction of sp³-hybridized carbons (Fsp3) is 0.458. The van der Waals surface area contributed by atoms with Gasteiger partial charge in [-0.1, -0.05) is 12.1 Å². The van der Waals surface area contributed by atoms with Gasteiger partial charge in [-0.25, -0.2) is 14.8 Å². The SMILES string of the molecule is Cc1ncc(-c2ccc3cnc(NC(=O)N4CCC(N5CCN(C)CC5)CC4)cc3c2)o1. The van der Waals surface area contributed by atoms with Crippen molar-refractivity contribution in [2.75, 3.05) is 51.6 Å². The Labute approximate surface area is 188 Å². The molecule has 4 heterocycles. The average Bonchev–Trinajstić information content (AvgIpc) is 3.25. The molecule has 0 unspecified atom stereocenters. The van der Waals surface area contributed by atoms with Crippen LogP contribution in [-0.4, -0.2) is 83.1 Å². The molecule has 3 aromatic rings. The first-order chi connectivity index (χ1) is 15.5. The molecule has 0 radical (unpaired) electrons. The van der Waals surface area contributed by atoms with Crippen LogP contribution in [0.2, 0.25) is 0 Å². The molecule has 2 aromatic heterocycles. The van der Waals surface area contributed by atoms with Crippen molar-refractivity contribution in [2.45, 2.75) is 25.8 Å². The Kier molecular flexibility index (Phi) is 5.80. The van der Waals surface area contributed by atoms with Gasteiger partial charge in [-0.2, -0.15) is 0 Å². The van der Waals surface area contributed by atoms with Crippen molar-refractivity contribution in [3.63, 3.8) is 0 Å². The Bertz CT molecular complexity index is 1100. The van der Waals surface area contributed by atoms with E-state index < -0.39 is 0 Å². The lowest BCUT2D eigenvalue weighted by molar-refractivity contribution is 0.0765. The van der Waals surface area contributed by atoms with Crippen molar-refractivity contribution >= 4 is 22.6 Å². The highest BCUT2D eigenvalue weighted by atomic mass is 16.4. The second kappa shape index (κ2) is 8.88. The molecule has 8 heteroatoms. The molecule has 0 bridgehead atoms. The number of nitrogens with one attached hydrogen (secondary N) is 1. The Morgan fingerprint density at radius 2 is 1.78 bits per heavy atom. The summed E-state index contributed by atoms with van der Waals surface area (Å²) in [5.74, 6) is 1.93. The molecule has 2 saturated heterocycles. The van der Waals surface area contributed by atoms with Crippen molar-refractivity contribution in [2.24, 2.45) is 0 Å². The van der Waals surface area contributed by atoms with E-state index in [2.05, 4.69) is 32.1 Å². The molecule has 0 saturated carbocycles. The second-order valence-electron chi connectivity index (χ2n) is 8.86. The summed E-state index contributed by atoms with van der Waals surface area (Å²) in [5.41, 5.74) is 0.951. The van der Waals surface area contributed by atoms with Gasteiger partial charge in [0, 0.05) is 69.4 Å². The van der Waals surface area contributed by atoms with Crippen LogP contribution in [0.4, 0.5) is 10.6 Å². The molecule has 168 valence electrons. The first kappa shape index (κ1) is 20.9. The molecule has 2 amide bonds. The number of carbonyl (C=O) groups excluding carboxylic acids is 1. The number of amides is 2. The fourth-order valence-electron chi connectivity index (χ4n) is 4.67. The van der Waals surface area contributed by atoms with Crippen LogP contribution in [0.15, 0.2) is 41.1 Å². The highest BCUT2D eigenvalue weighted by Crippen LogP contribution is 2.26. The largest absolute Gasteiger partial charge is 0.441 e. The minimum absolute atomic E-state index is 0.0734. The van der Waals surface area contributed by atoms with Crippen LogP contribution >= 0.6 is 0 Å². The number of likely N-dealkylation sites (N-methyl/N-ethyl adjacent to an activating group) is 1. The van der Waals surface area contributed by atoms with Crippen LogP contribution in [0, 0.1) is 6.92 Å². The normalized spacial score (nSPS) is 18.9. The number of anilines is 1. The lowest BCUT2D eigenvalue weighted by atomic mass is 10.0. The number of aromatic nitrogens is 2. The highest BCUT2D eigenvalue weighted by Gasteiger charge is 2.28. The Balaban J connectivity index is 1.22. The van der Waals surface area contributed by atoms with Gasteiger partial charge < -0.3 is 14.2 Å². The summed E-state index contributed by atoms with van der Waals surface area (Å²) < 4.78 is 5.64. The van der Waals surface area contributed by atoms with E-state index >= 15 is 0 Å². The van der Waals surface area contributed by atoms with E-state index in [1.165, 1.54) is 0 Å². The van der Waals surface area contributed by atoms with E-state index in [4.69, 9.17) is 4.42 Å². The molecule has 2 fully saturated rings. The zero-order valence-corrected chi connectivity index (χ0v) is 18.8. The minimum Gasteiger partial charge on any atom is -0.441 e. The van der Waals surface area contributed by atoms with Gasteiger partial charge in [-0.05, 0) is 37.4 Å². The van der Waals surface area contributed by atoms with E-state index in [1.807, 2.05) is 36.1 Å². The summed E-state index contributed by atoms with van der Waals surface area (Å²) in [7, 11) is 2.18. The third kappa shape index (κ3) is 4.47. The fourth-order valence-corrected chi connectivity index (χ4v) is 4.67. The highest BCUT2D eigenvalue weighted by molar-refractivity contribution is 5.93.